The summed E-state index contributed by atoms with van der Waals surface area (Å²) in [6, 6.07) is 0. The molecule has 0 aliphatic heterocycles. The molecule has 96 heavy (non-hydrogen) atoms. The van der Waals surface area contributed by atoms with Crippen LogP contribution in [0.4, 0.5) is 0 Å². The number of ether oxygens (including phenoxy) is 4. The SMILES string of the molecule is CCC(C)CCCCCCCCCCCCC(=O)OC[C@H](COP(=O)(O)OC[C@@H](O)COP(=O)(O)OC[C@@H](COC(=O)CCCCCCCCC(C)CC)OC(=O)CCCCCCCCCCCCCCCCCCC(C)C)OC(=O)CCCCCCCCCCCCC(C)C. The molecule has 0 bridgehead atoms. The minimum atomic E-state index is -4.96. The maximum Gasteiger partial charge on any atom is 0.472 e. The molecule has 0 spiro atoms. The van der Waals surface area contributed by atoms with E-state index >= 15 is 0 Å². The van der Waals surface area contributed by atoms with Gasteiger partial charge < -0.3 is 33.8 Å². The number of hydrogen-bond donors (Lipinski definition) is 3. The highest BCUT2D eigenvalue weighted by atomic mass is 31.2. The molecule has 17 nitrogen and oxygen atoms in total. The lowest BCUT2D eigenvalue weighted by Gasteiger charge is -2.21. The highest BCUT2D eigenvalue weighted by molar-refractivity contribution is 7.47. The predicted octanol–water partition coefficient (Wildman–Crippen LogP) is 22.4. The normalized spacial score (nSPS) is 14.7. The van der Waals surface area contributed by atoms with E-state index in [4.69, 9.17) is 37.0 Å². The molecule has 0 aliphatic carbocycles. The number of carbonyl (C=O) groups is 4. The summed E-state index contributed by atoms with van der Waals surface area (Å²) in [5.74, 6) is 0.981. The summed E-state index contributed by atoms with van der Waals surface area (Å²) in [7, 11) is -9.92. The van der Waals surface area contributed by atoms with Gasteiger partial charge in [0, 0.05) is 25.7 Å². The van der Waals surface area contributed by atoms with Crippen molar-refractivity contribution in [3.63, 3.8) is 0 Å². The molecule has 0 amide bonds. The van der Waals surface area contributed by atoms with Gasteiger partial charge in [0.15, 0.2) is 12.2 Å². The Hall–Kier alpha value is -1.94. The molecule has 0 saturated carbocycles. The fourth-order valence-electron chi connectivity index (χ4n) is 11.7. The van der Waals surface area contributed by atoms with E-state index in [1.165, 1.54) is 186 Å². The molecule has 7 atom stereocenters. The topological polar surface area (TPSA) is 237 Å². The van der Waals surface area contributed by atoms with Crippen molar-refractivity contribution in [1.29, 1.82) is 0 Å². The number of aliphatic hydroxyl groups is 1. The molecular weight excluding hydrogens is 1260 g/mol. The summed E-state index contributed by atoms with van der Waals surface area (Å²) >= 11 is 0. The third kappa shape index (κ3) is 67.9. The molecule has 0 rings (SSSR count). The molecule has 0 aromatic rings. The number of hydrogen-bond acceptors (Lipinski definition) is 15. The molecule has 0 fully saturated rings. The second-order valence-electron chi connectivity index (χ2n) is 29.2. The van der Waals surface area contributed by atoms with Gasteiger partial charge >= 0.3 is 39.5 Å². The van der Waals surface area contributed by atoms with Crippen LogP contribution in [0.15, 0.2) is 0 Å². The molecule has 3 N–H and O–H groups in total. The molecule has 0 aromatic heterocycles. The number of carbonyl (C=O) groups excluding carboxylic acids is 4. The molecule has 570 valence electrons. The third-order valence-corrected chi connectivity index (χ3v) is 20.4. The van der Waals surface area contributed by atoms with Gasteiger partial charge in [0.25, 0.3) is 0 Å². The number of esters is 4. The summed E-state index contributed by atoms with van der Waals surface area (Å²) in [6.45, 7) is 14.2. The first kappa shape index (κ1) is 94.1. The number of phosphoric acid groups is 2. The van der Waals surface area contributed by atoms with Crippen molar-refractivity contribution in [1.82, 2.24) is 0 Å². The van der Waals surface area contributed by atoms with Crippen LogP contribution >= 0.6 is 15.6 Å². The summed E-state index contributed by atoms with van der Waals surface area (Å²) < 4.78 is 68.6. The standard InChI is InChI=1S/C77H150O17P2/c1-9-69(7)55-47-39-31-25-20-22-26-32-41-49-57-74(79)87-63-72(93-77(82)60-52-44-34-28-21-19-24-30-38-46-54-68(5)6)65-91-95(83,84)89-61-71(78)62-90-96(85,86)92-66-73(64-88-75(80)58-50-42-36-35-40-48-56-70(8)10-2)94-76(81)59-51-43-33-27-18-16-14-12-11-13-15-17-23-29-37-45-53-67(3)4/h67-73,78H,9-66H2,1-8H3,(H,83,84)(H,85,86)/t69?,70?,71-,72-,73-/m1/s1. The Labute approximate surface area is 588 Å². The van der Waals surface area contributed by atoms with E-state index < -0.39 is 97.5 Å². The number of rotatable bonds is 74. The largest absolute Gasteiger partial charge is 0.472 e. The monoisotopic (exact) mass is 1410 g/mol. The second kappa shape index (κ2) is 66.3. The van der Waals surface area contributed by atoms with E-state index in [-0.39, 0.29) is 25.7 Å². The smallest absolute Gasteiger partial charge is 0.462 e. The molecule has 0 aromatic carbocycles. The minimum absolute atomic E-state index is 0.105. The van der Waals surface area contributed by atoms with E-state index in [9.17, 15) is 43.2 Å². The Balaban J connectivity index is 5.23. The van der Waals surface area contributed by atoms with Crippen molar-refractivity contribution in [3.05, 3.63) is 0 Å². The molecule has 0 aliphatic rings. The van der Waals surface area contributed by atoms with Gasteiger partial charge in [-0.25, -0.2) is 9.13 Å². The first-order valence-electron chi connectivity index (χ1n) is 39.8. The Kier molecular flexibility index (Phi) is 65.0. The van der Waals surface area contributed by atoms with Crippen molar-refractivity contribution < 1.29 is 80.2 Å². The van der Waals surface area contributed by atoms with E-state index in [0.717, 1.165) is 120 Å². The zero-order valence-corrected chi connectivity index (χ0v) is 64.8. The van der Waals surface area contributed by atoms with E-state index in [2.05, 4.69) is 55.4 Å². The van der Waals surface area contributed by atoms with Crippen LogP contribution in [-0.2, 0) is 65.4 Å². The Morgan fingerprint density at radius 2 is 0.500 bits per heavy atom. The van der Waals surface area contributed by atoms with Crippen molar-refractivity contribution in [3.8, 4) is 0 Å². The molecule has 19 heteroatoms. The Morgan fingerprint density at radius 3 is 0.740 bits per heavy atom. The molecule has 4 unspecified atom stereocenters. The zero-order valence-electron chi connectivity index (χ0n) is 63.0. The van der Waals surface area contributed by atoms with Crippen LogP contribution in [0.5, 0.6) is 0 Å². The van der Waals surface area contributed by atoms with Gasteiger partial charge in [-0.15, -0.1) is 0 Å². The quantitative estimate of drug-likeness (QED) is 0.0222. The van der Waals surface area contributed by atoms with Crippen molar-refractivity contribution in [2.75, 3.05) is 39.6 Å². The minimum Gasteiger partial charge on any atom is -0.462 e. The lowest BCUT2D eigenvalue weighted by Crippen LogP contribution is -2.30. The first-order chi connectivity index (χ1) is 46.2. The highest BCUT2D eigenvalue weighted by Gasteiger charge is 2.30. The molecule has 0 heterocycles. The number of phosphoric ester groups is 2. The van der Waals surface area contributed by atoms with Crippen LogP contribution in [-0.4, -0.2) is 96.7 Å². The van der Waals surface area contributed by atoms with Crippen molar-refractivity contribution in [2.45, 2.75) is 408 Å². The number of aliphatic hydroxyl groups excluding tert-OH is 1. The van der Waals surface area contributed by atoms with Crippen LogP contribution < -0.4 is 0 Å². The van der Waals surface area contributed by atoms with Gasteiger partial charge in [0.05, 0.1) is 26.4 Å². The third-order valence-electron chi connectivity index (χ3n) is 18.5. The average molecular weight is 1410 g/mol. The maximum absolute atomic E-state index is 13.1. The van der Waals surface area contributed by atoms with Gasteiger partial charge in [-0.1, -0.05) is 338 Å². The molecule has 0 radical (unpaired) electrons. The van der Waals surface area contributed by atoms with Crippen LogP contribution in [0.2, 0.25) is 0 Å². The van der Waals surface area contributed by atoms with E-state index in [1.807, 2.05) is 0 Å². The number of unbranched alkanes of at least 4 members (excludes halogenated alkanes) is 38. The summed E-state index contributed by atoms with van der Waals surface area (Å²) in [5.41, 5.74) is 0. The van der Waals surface area contributed by atoms with Gasteiger partial charge in [0.2, 0.25) is 0 Å². The average Bonchev–Trinajstić information content (AvgIpc) is 1.17. The van der Waals surface area contributed by atoms with Gasteiger partial charge in [-0.2, -0.15) is 0 Å². The lowest BCUT2D eigenvalue weighted by molar-refractivity contribution is -0.161. The fourth-order valence-corrected chi connectivity index (χ4v) is 13.2. The van der Waals surface area contributed by atoms with Crippen LogP contribution in [0.25, 0.3) is 0 Å². The fraction of sp³-hybridized carbons (Fsp3) is 0.948. The van der Waals surface area contributed by atoms with Crippen LogP contribution in [0.3, 0.4) is 0 Å². The Bertz CT molecular complexity index is 1890. The lowest BCUT2D eigenvalue weighted by atomic mass is 9.99. The van der Waals surface area contributed by atoms with Gasteiger partial charge in [0.1, 0.15) is 19.3 Å². The predicted molar refractivity (Wildman–Crippen MR) is 391 cm³/mol. The summed E-state index contributed by atoms with van der Waals surface area (Å²) in [6.07, 6.45) is 51.3. The summed E-state index contributed by atoms with van der Waals surface area (Å²) in [5, 5.41) is 10.6. The van der Waals surface area contributed by atoms with Crippen LogP contribution in [0.1, 0.15) is 389 Å². The first-order valence-corrected chi connectivity index (χ1v) is 42.8. The van der Waals surface area contributed by atoms with Gasteiger partial charge in [-0.3, -0.25) is 37.3 Å². The second-order valence-corrected chi connectivity index (χ2v) is 32.1. The maximum atomic E-state index is 13.1. The summed E-state index contributed by atoms with van der Waals surface area (Å²) in [4.78, 5) is 72.9. The molecular formula is C77H150O17P2. The zero-order chi connectivity index (χ0) is 71.0. The highest BCUT2D eigenvalue weighted by Crippen LogP contribution is 2.45. The molecule has 0 saturated heterocycles. The van der Waals surface area contributed by atoms with Crippen LogP contribution in [0, 0.1) is 23.7 Å². The van der Waals surface area contributed by atoms with E-state index in [1.54, 1.807) is 0 Å². The van der Waals surface area contributed by atoms with Gasteiger partial charge in [-0.05, 0) is 49.4 Å². The van der Waals surface area contributed by atoms with E-state index in [0.29, 0.717) is 25.7 Å². The Morgan fingerprint density at radius 1 is 0.292 bits per heavy atom. The van der Waals surface area contributed by atoms with Crippen molar-refractivity contribution >= 4 is 39.5 Å². The van der Waals surface area contributed by atoms with Crippen molar-refractivity contribution in [2.24, 2.45) is 23.7 Å².